The van der Waals surface area contributed by atoms with E-state index in [1.807, 2.05) is 80.8 Å². The number of fused-ring (bicyclic) bond motifs is 9. The van der Waals surface area contributed by atoms with Crippen molar-refractivity contribution in [3.05, 3.63) is 214 Å². The van der Waals surface area contributed by atoms with E-state index < -0.39 is 0 Å². The summed E-state index contributed by atoms with van der Waals surface area (Å²) in [5.41, 5.74) is 20.6. The summed E-state index contributed by atoms with van der Waals surface area (Å²) in [5.74, 6) is 0.876. The molecular formula is C69H63N6O3+3. The van der Waals surface area contributed by atoms with Gasteiger partial charge in [-0.15, -0.1) is 0 Å². The number of pyridine rings is 3. The largest absolute Gasteiger partial charge is 0.457 e. The summed E-state index contributed by atoms with van der Waals surface area (Å²) in [6, 6.07) is 43.0. The van der Waals surface area contributed by atoms with Crippen LogP contribution in [0.5, 0.6) is 0 Å². The first-order valence-corrected chi connectivity index (χ1v) is 26.5. The van der Waals surface area contributed by atoms with Crippen LogP contribution in [-0.2, 0) is 21.1 Å². The van der Waals surface area contributed by atoms with Gasteiger partial charge in [-0.2, -0.15) is 0 Å². The van der Waals surface area contributed by atoms with Gasteiger partial charge in [0.05, 0.1) is 36.4 Å². The average Bonchev–Trinajstić information content (AvgIpc) is 4.26. The van der Waals surface area contributed by atoms with Crippen LogP contribution in [-0.4, -0.2) is 0 Å². The van der Waals surface area contributed by atoms with Gasteiger partial charge in [-0.25, -0.2) is 28.2 Å². The maximum atomic E-state index is 7.91. The van der Waals surface area contributed by atoms with E-state index in [2.05, 4.69) is 177 Å². The Morgan fingerprint density at radius 2 is 0.923 bits per heavy atom. The van der Waals surface area contributed by atoms with Gasteiger partial charge in [-0.3, -0.25) is 0 Å². The van der Waals surface area contributed by atoms with Crippen LogP contribution in [0, 0.1) is 40.5 Å². The van der Waals surface area contributed by atoms with Gasteiger partial charge in [0.25, 0.3) is 0 Å². The summed E-state index contributed by atoms with van der Waals surface area (Å²) in [5, 5.41) is 6.27. The molecule has 0 atom stereocenters. The lowest BCUT2D eigenvalue weighted by atomic mass is 9.94. The van der Waals surface area contributed by atoms with E-state index in [4.69, 9.17) is 33.0 Å². The Labute approximate surface area is 456 Å². The van der Waals surface area contributed by atoms with Gasteiger partial charge in [0.2, 0.25) is 22.8 Å². The first-order chi connectivity index (χ1) is 37.6. The molecule has 0 unspecified atom stereocenters. The Balaban J connectivity index is 0.000000132. The van der Waals surface area contributed by atoms with Crippen molar-refractivity contribution >= 4 is 82.9 Å². The first-order valence-electron chi connectivity index (χ1n) is 26.5. The van der Waals surface area contributed by atoms with Gasteiger partial charge in [-0.1, -0.05) is 84.0 Å². The molecule has 6 aromatic heterocycles. The molecule has 0 aliphatic heterocycles. The molecule has 0 aliphatic rings. The number of hydrogen-bond donors (Lipinski definition) is 0. The molecule has 384 valence electrons. The molecule has 12 aromatic rings. The molecule has 9 nitrogen and oxygen atoms in total. The molecule has 0 saturated heterocycles. The monoisotopic (exact) mass is 1020 g/mol. The maximum absolute atomic E-state index is 7.91. The second kappa shape index (κ2) is 21.0. The minimum Gasteiger partial charge on any atom is -0.457 e. The molecular weight excluding hydrogens is 961 g/mol. The Kier molecular flexibility index (Phi) is 14.0. The van der Waals surface area contributed by atoms with Crippen molar-refractivity contribution in [2.75, 3.05) is 0 Å². The van der Waals surface area contributed by atoms with E-state index in [1.165, 1.54) is 27.8 Å². The minimum absolute atomic E-state index is 0.223. The Morgan fingerprint density at radius 3 is 1.44 bits per heavy atom. The highest BCUT2D eigenvalue weighted by atomic mass is 16.3. The van der Waals surface area contributed by atoms with E-state index in [0.717, 1.165) is 105 Å². The summed E-state index contributed by atoms with van der Waals surface area (Å²) < 4.78 is 25.1. The lowest BCUT2D eigenvalue weighted by Crippen LogP contribution is -2.30. The van der Waals surface area contributed by atoms with Gasteiger partial charge in [0, 0.05) is 74.3 Å². The van der Waals surface area contributed by atoms with E-state index in [1.54, 1.807) is 0 Å². The van der Waals surface area contributed by atoms with Crippen LogP contribution >= 0.6 is 0 Å². The number of aryl methyl sites for hydroxylation is 6. The summed E-state index contributed by atoms with van der Waals surface area (Å²) in [7, 11) is 6.13. The molecule has 6 aromatic carbocycles. The standard InChI is InChI=1S/3C23H21N2O/c1-14(2)16-9-8-10-17-21-19(26-23(16)17)13-15(3)20(22(21)24-4)18-11-6-7-12-25(18)5;1-14(2)20-17(24-4)11-10-16-22-19(26-23(16)20)12-9-15(3)21(22)18-8-6-7-13-25(18)5;1-14(2)17-12-16(24-4)13-18-22-20(26-23(17)18)10-9-15(3)21(22)19-8-6-7-11-25(19)5/h3*6-14H,1-3,5H3/q3*+1. The second-order valence-electron chi connectivity index (χ2n) is 21.3. The van der Waals surface area contributed by atoms with Gasteiger partial charge >= 0.3 is 0 Å². The Morgan fingerprint density at radius 1 is 0.410 bits per heavy atom. The second-order valence-corrected chi connectivity index (χ2v) is 21.3. The van der Waals surface area contributed by atoms with Gasteiger partial charge in [-0.05, 0) is 115 Å². The topological polar surface area (TPSA) is 64.1 Å². The van der Waals surface area contributed by atoms with Gasteiger partial charge in [0.15, 0.2) is 30.0 Å². The number of aromatic nitrogens is 3. The third-order valence-electron chi connectivity index (χ3n) is 15.1. The van der Waals surface area contributed by atoms with Crippen LogP contribution in [0.3, 0.4) is 0 Å². The zero-order chi connectivity index (χ0) is 55.3. The summed E-state index contributed by atoms with van der Waals surface area (Å²) in [6.45, 7) is 42.1. The summed E-state index contributed by atoms with van der Waals surface area (Å²) in [4.78, 5) is 11.4. The van der Waals surface area contributed by atoms with Crippen molar-refractivity contribution in [1.82, 2.24) is 0 Å². The number of rotatable bonds is 6. The zero-order valence-corrected chi connectivity index (χ0v) is 46.5. The van der Waals surface area contributed by atoms with Gasteiger partial charge < -0.3 is 13.3 Å². The fourth-order valence-electron chi connectivity index (χ4n) is 11.3. The van der Waals surface area contributed by atoms with E-state index in [0.29, 0.717) is 23.0 Å². The number of nitrogens with zero attached hydrogens (tertiary/aromatic N) is 6. The molecule has 0 amide bonds. The highest BCUT2D eigenvalue weighted by Crippen LogP contribution is 2.47. The fraction of sp³-hybridized carbons (Fsp3) is 0.217. The zero-order valence-electron chi connectivity index (χ0n) is 46.5. The molecule has 12 rings (SSSR count). The van der Waals surface area contributed by atoms with E-state index in [-0.39, 0.29) is 11.8 Å². The summed E-state index contributed by atoms with van der Waals surface area (Å²) >= 11 is 0. The molecule has 0 spiro atoms. The smallest absolute Gasteiger partial charge is 0.213 e. The molecule has 0 radical (unpaired) electrons. The lowest BCUT2D eigenvalue weighted by Gasteiger charge is -2.09. The Bertz CT molecular complexity index is 4480. The van der Waals surface area contributed by atoms with E-state index in [9.17, 15) is 0 Å². The molecule has 0 N–H and O–H groups in total. The maximum Gasteiger partial charge on any atom is 0.213 e. The van der Waals surface area contributed by atoms with Crippen molar-refractivity contribution < 1.29 is 27.0 Å². The third kappa shape index (κ3) is 9.00. The number of furan rings is 3. The van der Waals surface area contributed by atoms with Gasteiger partial charge in [0.1, 0.15) is 54.6 Å². The normalized spacial score (nSPS) is 11.4. The van der Waals surface area contributed by atoms with Crippen LogP contribution in [0.1, 0.15) is 92.7 Å². The minimum atomic E-state index is 0.223. The van der Waals surface area contributed by atoms with Crippen LogP contribution in [0.4, 0.5) is 17.1 Å². The molecule has 6 heterocycles. The van der Waals surface area contributed by atoms with Crippen molar-refractivity contribution in [2.24, 2.45) is 21.1 Å². The lowest BCUT2D eigenvalue weighted by molar-refractivity contribution is -0.660. The third-order valence-corrected chi connectivity index (χ3v) is 15.1. The number of benzene rings is 6. The quantitative estimate of drug-likeness (QED) is 0.123. The van der Waals surface area contributed by atoms with Crippen LogP contribution < -0.4 is 13.7 Å². The summed E-state index contributed by atoms with van der Waals surface area (Å²) in [6.07, 6.45) is 6.13. The highest BCUT2D eigenvalue weighted by molar-refractivity contribution is 6.17. The predicted octanol–water partition coefficient (Wildman–Crippen LogP) is 18.2. The van der Waals surface area contributed by atoms with Crippen LogP contribution in [0.15, 0.2) is 159 Å². The van der Waals surface area contributed by atoms with Crippen molar-refractivity contribution in [2.45, 2.75) is 80.1 Å². The molecule has 9 heteroatoms. The molecule has 0 saturated carbocycles. The van der Waals surface area contributed by atoms with Crippen molar-refractivity contribution in [3.63, 3.8) is 0 Å². The van der Waals surface area contributed by atoms with E-state index >= 15 is 0 Å². The molecule has 0 fully saturated rings. The van der Waals surface area contributed by atoms with Crippen molar-refractivity contribution in [3.8, 4) is 33.8 Å². The fourth-order valence-corrected chi connectivity index (χ4v) is 11.3. The Hall–Kier alpha value is -9.36. The SMILES string of the molecule is [C-]#[N+]c1c(-c2cccc[n+]2C)c(C)cc2oc3c(C(C)C)cccc3c12.[C-]#[N+]c1cc(C(C)C)c2oc3ccc(C)c(-c4cccc[n+]4C)c3c2c1.[C-]#[N+]c1ccc2c(oc3ccc(C)c(-c4cccc[n+]4C)c32)c1C(C)C. The molecule has 78 heavy (non-hydrogen) atoms. The first kappa shape index (κ1) is 52.1. The predicted molar refractivity (Wildman–Crippen MR) is 316 cm³/mol. The van der Waals surface area contributed by atoms with Crippen LogP contribution in [0.2, 0.25) is 0 Å². The van der Waals surface area contributed by atoms with Crippen LogP contribution in [0.25, 0.3) is 114 Å². The average molecular weight is 1020 g/mol. The molecule has 0 aliphatic carbocycles. The number of para-hydroxylation sites is 1. The van der Waals surface area contributed by atoms with Crippen molar-refractivity contribution in [1.29, 1.82) is 0 Å². The highest BCUT2D eigenvalue weighted by Gasteiger charge is 2.27. The molecule has 0 bridgehead atoms. The number of hydrogen-bond acceptors (Lipinski definition) is 3.